The van der Waals surface area contributed by atoms with E-state index in [0.29, 0.717) is 28.1 Å². The van der Waals surface area contributed by atoms with E-state index in [-0.39, 0.29) is 18.8 Å². The van der Waals surface area contributed by atoms with Gasteiger partial charge in [0.15, 0.2) is 0 Å². The van der Waals surface area contributed by atoms with Gasteiger partial charge in [0, 0.05) is 53.3 Å². The first-order valence-electron chi connectivity index (χ1n) is 11.1. The highest BCUT2D eigenvalue weighted by Crippen LogP contribution is 2.34. The standard InChI is InChI=1S/C24H28F3N5O3S/c1-14-7-16(31-36(3,4)33)9-18-23(14)24(29-13-28-18)30-17-6-5-15(25)8-19(17)35-21-11-32(12-22(26)27)10-20(21)34-2/h5-9,13,20-22H,3,10-12H2,1-2,4H3,(H,31,33)(H,28,29,30). The van der Waals surface area contributed by atoms with E-state index in [2.05, 4.69) is 25.9 Å². The lowest BCUT2D eigenvalue weighted by Crippen LogP contribution is -2.32. The molecule has 0 aliphatic carbocycles. The van der Waals surface area contributed by atoms with Gasteiger partial charge in [-0.25, -0.2) is 27.3 Å². The number of alkyl halides is 2. The van der Waals surface area contributed by atoms with Crippen molar-refractivity contribution < 1.29 is 26.9 Å². The average molecular weight is 524 g/mol. The number of rotatable bonds is 9. The van der Waals surface area contributed by atoms with Crippen LogP contribution in [0.5, 0.6) is 5.75 Å². The molecule has 1 fully saturated rings. The van der Waals surface area contributed by atoms with Crippen molar-refractivity contribution in [3.8, 4) is 5.75 Å². The average Bonchev–Trinajstić information content (AvgIpc) is 3.14. The number of aryl methyl sites for hydroxylation is 1. The van der Waals surface area contributed by atoms with Gasteiger partial charge in [-0.1, -0.05) is 0 Å². The monoisotopic (exact) mass is 523 g/mol. The number of nitrogens with one attached hydrogen (secondary N) is 2. The molecule has 0 spiro atoms. The van der Waals surface area contributed by atoms with Gasteiger partial charge in [-0.05, 0) is 42.6 Å². The smallest absolute Gasteiger partial charge is 0.251 e. The number of hydrogen-bond donors (Lipinski definition) is 2. The fourth-order valence-corrected chi connectivity index (χ4v) is 4.90. The Morgan fingerprint density at radius 3 is 2.67 bits per heavy atom. The zero-order valence-corrected chi connectivity index (χ0v) is 20.9. The molecule has 3 atom stereocenters. The van der Waals surface area contributed by atoms with Crippen LogP contribution < -0.4 is 14.8 Å². The number of fused-ring (bicyclic) bond motifs is 1. The summed E-state index contributed by atoms with van der Waals surface area (Å²) in [7, 11) is -0.988. The molecule has 0 saturated carbocycles. The Hall–Kier alpha value is -3.09. The van der Waals surface area contributed by atoms with Crippen molar-refractivity contribution in [3.63, 3.8) is 0 Å². The minimum Gasteiger partial charge on any atom is -0.484 e. The first-order chi connectivity index (χ1) is 17.0. The van der Waals surface area contributed by atoms with E-state index < -0.39 is 40.7 Å². The zero-order valence-electron chi connectivity index (χ0n) is 20.1. The topological polar surface area (TPSA) is 88.6 Å². The van der Waals surface area contributed by atoms with E-state index in [9.17, 15) is 17.4 Å². The molecule has 0 bridgehead atoms. The summed E-state index contributed by atoms with van der Waals surface area (Å²) in [6.07, 6.45) is -0.614. The number of hydrogen-bond acceptors (Lipinski definition) is 7. The molecule has 4 rings (SSSR count). The number of ether oxygens (including phenoxy) is 2. The van der Waals surface area contributed by atoms with Crippen molar-refractivity contribution in [2.75, 3.05) is 43.0 Å². The summed E-state index contributed by atoms with van der Waals surface area (Å²) in [5.41, 5.74) is 2.46. The predicted octanol–water partition coefficient (Wildman–Crippen LogP) is 3.84. The second-order valence-electron chi connectivity index (χ2n) is 8.82. The fourth-order valence-electron chi connectivity index (χ4n) is 4.28. The quantitative estimate of drug-likeness (QED) is 0.412. The first kappa shape index (κ1) is 26.0. The Morgan fingerprint density at radius 2 is 1.97 bits per heavy atom. The summed E-state index contributed by atoms with van der Waals surface area (Å²) in [6, 6.07) is 7.59. The predicted molar refractivity (Wildman–Crippen MR) is 136 cm³/mol. The number of aromatic nitrogens is 2. The molecule has 8 nitrogen and oxygen atoms in total. The molecule has 1 aromatic heterocycles. The van der Waals surface area contributed by atoms with Gasteiger partial charge in [-0.3, -0.25) is 4.90 Å². The van der Waals surface area contributed by atoms with Crippen LogP contribution in [0.25, 0.3) is 10.9 Å². The van der Waals surface area contributed by atoms with Gasteiger partial charge < -0.3 is 19.5 Å². The molecule has 3 aromatic rings. The lowest BCUT2D eigenvalue weighted by Gasteiger charge is -2.22. The molecule has 1 aliphatic rings. The van der Waals surface area contributed by atoms with E-state index in [1.54, 1.807) is 11.0 Å². The molecular weight excluding hydrogens is 495 g/mol. The Bertz CT molecular complexity index is 1360. The van der Waals surface area contributed by atoms with Gasteiger partial charge in [0.25, 0.3) is 6.43 Å². The first-order valence-corrected chi connectivity index (χ1v) is 13.3. The van der Waals surface area contributed by atoms with Crippen molar-refractivity contribution in [2.24, 2.45) is 0 Å². The van der Waals surface area contributed by atoms with Crippen LogP contribution >= 0.6 is 0 Å². The number of halogens is 3. The van der Waals surface area contributed by atoms with Crippen molar-refractivity contribution in [3.05, 3.63) is 48.0 Å². The minimum absolute atomic E-state index is 0.200. The second-order valence-corrected chi connectivity index (χ2v) is 11.0. The number of benzene rings is 2. The maximum absolute atomic E-state index is 14.2. The molecule has 1 saturated heterocycles. The van der Waals surface area contributed by atoms with Gasteiger partial charge in [-0.15, -0.1) is 0 Å². The van der Waals surface area contributed by atoms with E-state index in [1.807, 2.05) is 13.0 Å². The summed E-state index contributed by atoms with van der Waals surface area (Å²) >= 11 is 0. The number of methoxy groups -OCH3 is 1. The molecule has 3 unspecified atom stereocenters. The van der Waals surface area contributed by atoms with E-state index >= 15 is 0 Å². The number of likely N-dealkylation sites (tertiary alicyclic amines) is 1. The van der Waals surface area contributed by atoms with E-state index in [1.165, 1.54) is 37.9 Å². The zero-order chi connectivity index (χ0) is 26.0. The molecule has 36 heavy (non-hydrogen) atoms. The minimum atomic E-state index is -2.48. The molecule has 2 heterocycles. The summed E-state index contributed by atoms with van der Waals surface area (Å²) < 4.78 is 66.4. The lowest BCUT2D eigenvalue weighted by atomic mass is 10.1. The van der Waals surface area contributed by atoms with Crippen molar-refractivity contribution in [1.82, 2.24) is 14.9 Å². The molecular formula is C24H28F3N5O3S. The Balaban J connectivity index is 1.64. The maximum Gasteiger partial charge on any atom is 0.251 e. The molecule has 1 aliphatic heterocycles. The van der Waals surface area contributed by atoms with Crippen LogP contribution in [0, 0.1) is 12.7 Å². The third-order valence-corrected chi connectivity index (χ3v) is 6.40. The molecule has 2 N–H and O–H groups in total. The van der Waals surface area contributed by atoms with Gasteiger partial charge in [0.1, 0.15) is 35.9 Å². The van der Waals surface area contributed by atoms with Crippen LogP contribution in [0.1, 0.15) is 5.56 Å². The Morgan fingerprint density at radius 1 is 1.22 bits per heavy atom. The summed E-state index contributed by atoms with van der Waals surface area (Å²) in [6.45, 7) is 1.98. The fraction of sp³-hybridized carbons (Fsp3) is 0.375. The molecule has 12 heteroatoms. The summed E-state index contributed by atoms with van der Waals surface area (Å²) in [4.78, 5) is 10.2. The SMILES string of the molecule is C=S(C)(=O)Nc1cc(C)c2c(Nc3ccc(F)cc3OC3CN(CC(F)F)CC3OC)ncnc2c1. The highest BCUT2D eigenvalue weighted by Gasteiger charge is 2.36. The number of nitrogens with zero attached hydrogens (tertiary/aromatic N) is 3. The molecule has 2 aromatic carbocycles. The van der Waals surface area contributed by atoms with Gasteiger partial charge in [0.2, 0.25) is 0 Å². The van der Waals surface area contributed by atoms with E-state index in [0.717, 1.165) is 5.56 Å². The van der Waals surface area contributed by atoms with Crippen LogP contribution in [0.15, 0.2) is 36.7 Å². The van der Waals surface area contributed by atoms with Gasteiger partial charge in [-0.2, -0.15) is 0 Å². The van der Waals surface area contributed by atoms with Gasteiger partial charge >= 0.3 is 0 Å². The van der Waals surface area contributed by atoms with E-state index in [4.69, 9.17) is 9.47 Å². The lowest BCUT2D eigenvalue weighted by molar-refractivity contribution is 0.0336. The molecule has 0 radical (unpaired) electrons. The van der Waals surface area contributed by atoms with Crippen LogP contribution in [0.2, 0.25) is 0 Å². The summed E-state index contributed by atoms with van der Waals surface area (Å²) in [5, 5.41) is 3.91. The third kappa shape index (κ3) is 6.18. The molecule has 194 valence electrons. The Kier molecular flexibility index (Phi) is 7.57. The van der Waals surface area contributed by atoms with Crippen LogP contribution in [0.3, 0.4) is 0 Å². The maximum atomic E-state index is 14.2. The summed E-state index contributed by atoms with van der Waals surface area (Å²) in [5.74, 6) is 3.76. The van der Waals surface area contributed by atoms with Crippen molar-refractivity contribution in [1.29, 1.82) is 0 Å². The normalized spacial score (nSPS) is 20.0. The van der Waals surface area contributed by atoms with Crippen molar-refractivity contribution >= 4 is 43.7 Å². The van der Waals surface area contributed by atoms with Crippen LogP contribution in [0.4, 0.5) is 30.4 Å². The highest BCUT2D eigenvalue weighted by atomic mass is 32.2. The van der Waals surface area contributed by atoms with Crippen LogP contribution in [-0.2, 0) is 14.4 Å². The molecule has 0 amide bonds. The second kappa shape index (κ2) is 10.5. The third-order valence-electron chi connectivity index (χ3n) is 5.73. The van der Waals surface area contributed by atoms with Gasteiger partial charge in [0.05, 0.1) is 17.7 Å². The number of anilines is 3. The van der Waals surface area contributed by atoms with Crippen molar-refractivity contribution in [2.45, 2.75) is 25.6 Å². The highest BCUT2D eigenvalue weighted by molar-refractivity contribution is 8.00. The Labute approximate surface area is 208 Å². The van der Waals surface area contributed by atoms with Crippen LogP contribution in [-0.4, -0.2) is 76.6 Å². The largest absolute Gasteiger partial charge is 0.484 e.